The minimum Gasteiger partial charge on any atom is -0.496 e. The van der Waals surface area contributed by atoms with E-state index in [0.29, 0.717) is 22.6 Å². The minimum atomic E-state index is -1.23. The highest BCUT2D eigenvalue weighted by molar-refractivity contribution is 7.99. The number of carboxylic acids is 1. The third-order valence-electron chi connectivity index (χ3n) is 5.74. The molecule has 0 heterocycles. The first-order valence-electron chi connectivity index (χ1n) is 12.2. The lowest BCUT2D eigenvalue weighted by Crippen LogP contribution is -2.54. The van der Waals surface area contributed by atoms with Crippen LogP contribution in [-0.4, -0.2) is 59.4 Å². The molecule has 0 aromatic heterocycles. The number of methoxy groups -OCH3 is 1. The highest BCUT2D eigenvalue weighted by Crippen LogP contribution is 2.21. The largest absolute Gasteiger partial charge is 0.496 e. The molecular weight excluding hydrogens is 508 g/mol. The van der Waals surface area contributed by atoms with Crippen molar-refractivity contribution in [3.05, 3.63) is 65.2 Å². The first-order valence-corrected chi connectivity index (χ1v) is 13.3. The highest BCUT2D eigenvalue weighted by Gasteiger charge is 2.30. The molecule has 2 aromatic carbocycles. The van der Waals surface area contributed by atoms with E-state index < -0.39 is 42.1 Å². The molecule has 0 saturated carbocycles. The molecule has 0 aliphatic carbocycles. The van der Waals surface area contributed by atoms with Crippen molar-refractivity contribution in [2.75, 3.05) is 12.9 Å². The van der Waals surface area contributed by atoms with E-state index in [-0.39, 0.29) is 23.9 Å². The fourth-order valence-corrected chi connectivity index (χ4v) is 4.63. The van der Waals surface area contributed by atoms with E-state index in [9.17, 15) is 29.1 Å². The molecule has 2 rings (SSSR count). The van der Waals surface area contributed by atoms with Gasteiger partial charge in [0.15, 0.2) is 11.6 Å². The molecule has 2 atom stereocenters. The quantitative estimate of drug-likeness (QED) is 0.292. The Morgan fingerprint density at radius 3 is 2.26 bits per heavy atom. The molecule has 3 N–H and O–H groups in total. The van der Waals surface area contributed by atoms with E-state index in [4.69, 9.17) is 4.74 Å². The van der Waals surface area contributed by atoms with Crippen molar-refractivity contribution in [2.45, 2.75) is 51.4 Å². The summed E-state index contributed by atoms with van der Waals surface area (Å²) in [5.41, 5.74) is 1.93. The van der Waals surface area contributed by atoms with Gasteiger partial charge in [-0.2, -0.15) is 0 Å². The number of aliphatic carboxylic acids is 1. The van der Waals surface area contributed by atoms with Crippen molar-refractivity contribution in [1.82, 2.24) is 10.6 Å². The number of carbonyl (C=O) groups excluding carboxylic acids is 4. The molecule has 2 amide bonds. The van der Waals surface area contributed by atoms with Gasteiger partial charge in [0.1, 0.15) is 11.8 Å². The van der Waals surface area contributed by atoms with E-state index >= 15 is 0 Å². The number of thioether (sulfide) groups is 1. The normalized spacial score (nSPS) is 12.3. The van der Waals surface area contributed by atoms with Gasteiger partial charge in [-0.25, -0.2) is 0 Å². The Balaban J connectivity index is 2.07. The highest BCUT2D eigenvalue weighted by atomic mass is 32.2. The number of nitrogens with one attached hydrogen (secondary N) is 2. The maximum Gasteiger partial charge on any atom is 0.305 e. The Morgan fingerprint density at radius 1 is 1.00 bits per heavy atom. The van der Waals surface area contributed by atoms with Crippen LogP contribution in [0.1, 0.15) is 48.7 Å². The second kappa shape index (κ2) is 14.9. The second-order valence-electron chi connectivity index (χ2n) is 9.15. The Bertz CT molecular complexity index is 1150. The number of hydrogen-bond donors (Lipinski definition) is 3. The molecule has 0 bridgehead atoms. The third-order valence-corrected chi connectivity index (χ3v) is 6.77. The zero-order chi connectivity index (χ0) is 28.2. The van der Waals surface area contributed by atoms with Crippen molar-refractivity contribution in [3.8, 4) is 5.75 Å². The zero-order valence-electron chi connectivity index (χ0n) is 22.0. The van der Waals surface area contributed by atoms with Crippen molar-refractivity contribution in [1.29, 1.82) is 0 Å². The standard InChI is InChI=1S/C28H34N2O7S/c1-17(2)27(30-25(33)13-21-12-20(18(3)31)10-11-24(21)37-4)28(36)29-22(14-26(34)35)23(32)16-38-15-19-8-6-5-7-9-19/h5-12,17,22,27H,13-16H2,1-4H3,(H,29,36)(H,30,33)(H,34,35)/t22?,27-/m0/s1. The van der Waals surface area contributed by atoms with Crippen LogP contribution < -0.4 is 15.4 Å². The summed E-state index contributed by atoms with van der Waals surface area (Å²) in [6, 6.07) is 12.1. The lowest BCUT2D eigenvalue weighted by Gasteiger charge is -2.25. The van der Waals surface area contributed by atoms with Crippen LogP contribution in [0.3, 0.4) is 0 Å². The van der Waals surface area contributed by atoms with Gasteiger partial charge in [0.25, 0.3) is 0 Å². The SMILES string of the molecule is COc1ccc(C(C)=O)cc1CC(=O)N[C@H](C(=O)NC(CC(=O)O)C(=O)CSCc1ccccc1)C(C)C. The van der Waals surface area contributed by atoms with Gasteiger partial charge in [-0.1, -0.05) is 44.2 Å². The number of ketones is 2. The number of hydrogen-bond acceptors (Lipinski definition) is 7. The van der Waals surface area contributed by atoms with E-state index in [1.807, 2.05) is 30.3 Å². The molecule has 2 aromatic rings. The molecule has 38 heavy (non-hydrogen) atoms. The average Bonchev–Trinajstić information content (AvgIpc) is 2.86. The summed E-state index contributed by atoms with van der Waals surface area (Å²) in [5, 5.41) is 14.5. The Kier molecular flexibility index (Phi) is 12.0. The maximum absolute atomic E-state index is 13.1. The van der Waals surface area contributed by atoms with E-state index in [0.717, 1.165) is 5.56 Å². The molecule has 9 nitrogen and oxygen atoms in total. The second-order valence-corrected chi connectivity index (χ2v) is 10.1. The lowest BCUT2D eigenvalue weighted by atomic mass is 10.0. The fourth-order valence-electron chi connectivity index (χ4n) is 3.69. The van der Waals surface area contributed by atoms with Crippen LogP contribution >= 0.6 is 11.8 Å². The molecule has 0 saturated heterocycles. The summed E-state index contributed by atoms with van der Waals surface area (Å²) in [7, 11) is 1.45. The molecule has 10 heteroatoms. The topological polar surface area (TPSA) is 139 Å². The average molecular weight is 543 g/mol. The van der Waals surface area contributed by atoms with Crippen molar-refractivity contribution in [3.63, 3.8) is 0 Å². The van der Waals surface area contributed by atoms with Gasteiger partial charge >= 0.3 is 5.97 Å². The number of carbonyl (C=O) groups is 5. The first kappa shape index (κ1) is 30.6. The Morgan fingerprint density at radius 2 is 1.68 bits per heavy atom. The summed E-state index contributed by atoms with van der Waals surface area (Å²) >= 11 is 1.33. The number of amides is 2. The van der Waals surface area contributed by atoms with Crippen LogP contribution in [0.5, 0.6) is 5.75 Å². The van der Waals surface area contributed by atoms with Crippen LogP contribution in [0, 0.1) is 5.92 Å². The van der Waals surface area contributed by atoms with Gasteiger partial charge in [-0.15, -0.1) is 11.8 Å². The van der Waals surface area contributed by atoms with Gasteiger partial charge in [0.05, 0.1) is 31.7 Å². The summed E-state index contributed by atoms with van der Waals surface area (Å²) < 4.78 is 5.29. The van der Waals surface area contributed by atoms with Crippen LogP contribution in [0.25, 0.3) is 0 Å². The van der Waals surface area contributed by atoms with Crippen molar-refractivity contribution < 1.29 is 33.8 Å². The molecule has 0 aliphatic heterocycles. The van der Waals surface area contributed by atoms with Crippen LogP contribution in [0.15, 0.2) is 48.5 Å². The monoisotopic (exact) mass is 542 g/mol. The summed E-state index contributed by atoms with van der Waals surface area (Å²) in [4.78, 5) is 61.9. The maximum atomic E-state index is 13.1. The predicted octanol–water partition coefficient (Wildman–Crippen LogP) is 3.04. The molecule has 0 radical (unpaired) electrons. The molecule has 204 valence electrons. The van der Waals surface area contributed by atoms with Gasteiger partial charge < -0.3 is 20.5 Å². The molecule has 0 aliphatic rings. The minimum absolute atomic E-state index is 0.0259. The van der Waals surface area contributed by atoms with Gasteiger partial charge in [0, 0.05) is 16.9 Å². The first-order chi connectivity index (χ1) is 18.0. The van der Waals surface area contributed by atoms with E-state index in [2.05, 4.69) is 10.6 Å². The van der Waals surface area contributed by atoms with Crippen LogP contribution in [0.4, 0.5) is 0 Å². The molecule has 1 unspecified atom stereocenters. The Hall–Kier alpha value is -3.66. The number of rotatable bonds is 15. The predicted molar refractivity (Wildman–Crippen MR) is 145 cm³/mol. The zero-order valence-corrected chi connectivity index (χ0v) is 22.8. The number of carboxylic acid groups (broad SMARTS) is 1. The van der Waals surface area contributed by atoms with Crippen LogP contribution in [-0.2, 0) is 31.4 Å². The van der Waals surface area contributed by atoms with Gasteiger partial charge in [-0.05, 0) is 36.6 Å². The summed E-state index contributed by atoms with van der Waals surface area (Å²) in [6.07, 6.45) is -0.710. The Labute approximate surface area is 226 Å². The fraction of sp³-hybridized carbons (Fsp3) is 0.393. The smallest absolute Gasteiger partial charge is 0.305 e. The molecule has 0 fully saturated rings. The molecular formula is C28H34N2O7S. The number of ether oxygens (including phenoxy) is 1. The summed E-state index contributed by atoms with van der Waals surface area (Å²) in [5.74, 6) is -2.27. The lowest BCUT2D eigenvalue weighted by molar-refractivity contribution is -0.140. The number of Topliss-reactive ketones (excluding diaryl/α,β-unsaturated/α-hetero) is 2. The molecule has 0 spiro atoms. The van der Waals surface area contributed by atoms with Gasteiger partial charge in [-0.3, -0.25) is 24.0 Å². The number of benzene rings is 2. The van der Waals surface area contributed by atoms with Crippen molar-refractivity contribution >= 4 is 41.1 Å². The third kappa shape index (κ3) is 9.66. The van der Waals surface area contributed by atoms with Crippen molar-refractivity contribution in [2.24, 2.45) is 5.92 Å². The van der Waals surface area contributed by atoms with Crippen LogP contribution in [0.2, 0.25) is 0 Å². The summed E-state index contributed by atoms with van der Waals surface area (Å²) in [6.45, 7) is 4.87. The van der Waals surface area contributed by atoms with Gasteiger partial charge in [0.2, 0.25) is 11.8 Å². The van der Waals surface area contributed by atoms with E-state index in [1.165, 1.54) is 25.8 Å². The van der Waals surface area contributed by atoms with E-state index in [1.54, 1.807) is 32.0 Å².